The van der Waals surface area contributed by atoms with E-state index in [9.17, 15) is 0 Å². The van der Waals surface area contributed by atoms with Gasteiger partial charge < -0.3 is 0 Å². The third-order valence-electron chi connectivity index (χ3n) is 1.00. The lowest BCUT2D eigenvalue weighted by atomic mass is 10.2. The van der Waals surface area contributed by atoms with Gasteiger partial charge in [0.1, 0.15) is 0 Å². The summed E-state index contributed by atoms with van der Waals surface area (Å²) in [5, 5.41) is 1.18. The molecule has 0 aliphatic heterocycles. The normalized spacial score (nSPS) is 12.2. The largest absolute Gasteiger partial charge is 0.255 e. The molecule has 0 saturated carbocycles. The Hall–Kier alpha value is -0.240. The maximum absolute atomic E-state index is 4.16. The van der Waals surface area contributed by atoms with Crippen molar-refractivity contribution in [3.8, 4) is 0 Å². The highest BCUT2D eigenvalue weighted by Gasteiger charge is 2.02. The highest BCUT2D eigenvalue weighted by molar-refractivity contribution is 8.13. The fourth-order valence-corrected chi connectivity index (χ4v) is 1.37. The minimum absolute atomic E-state index is 0.531. The van der Waals surface area contributed by atoms with Gasteiger partial charge in [0.05, 0.1) is 5.04 Å². The average molecular weight is 157 g/mol. The Morgan fingerprint density at radius 3 is 2.60 bits per heavy atom. The molecular formula is C8H15NS. The van der Waals surface area contributed by atoms with Gasteiger partial charge in [0.25, 0.3) is 0 Å². The predicted molar refractivity (Wildman–Crippen MR) is 50.6 cm³/mol. The zero-order chi connectivity index (χ0) is 7.98. The van der Waals surface area contributed by atoms with E-state index in [0.29, 0.717) is 5.92 Å². The van der Waals surface area contributed by atoms with Gasteiger partial charge in [-0.25, -0.2) is 0 Å². The van der Waals surface area contributed by atoms with E-state index < -0.39 is 0 Å². The van der Waals surface area contributed by atoms with Gasteiger partial charge >= 0.3 is 0 Å². The lowest BCUT2D eigenvalue weighted by Crippen LogP contribution is -2.01. The van der Waals surface area contributed by atoms with Crippen LogP contribution in [0.1, 0.15) is 20.8 Å². The molecule has 0 fully saturated rings. The summed E-state index contributed by atoms with van der Waals surface area (Å²) in [5.74, 6) is 1.62. The number of hydrogen-bond acceptors (Lipinski definition) is 2. The van der Waals surface area contributed by atoms with E-state index in [0.717, 1.165) is 5.75 Å². The van der Waals surface area contributed by atoms with Gasteiger partial charge in [-0.1, -0.05) is 27.4 Å². The van der Waals surface area contributed by atoms with Crippen LogP contribution in [-0.2, 0) is 0 Å². The first kappa shape index (κ1) is 9.76. The minimum Gasteiger partial charge on any atom is -0.255 e. The predicted octanol–water partition coefficient (Wildman–Crippen LogP) is 2.94. The molecule has 0 N–H and O–H groups in total. The highest BCUT2D eigenvalue weighted by Crippen LogP contribution is 2.12. The smallest absolute Gasteiger partial charge is 0.0756 e. The van der Waals surface area contributed by atoms with Crippen LogP contribution in [-0.4, -0.2) is 10.8 Å². The summed E-state index contributed by atoms with van der Waals surface area (Å²) in [7, 11) is 0. The molecule has 0 aliphatic rings. The molecule has 0 spiro atoms. The Balaban J connectivity index is 3.97. The van der Waals surface area contributed by atoms with E-state index in [4.69, 9.17) is 0 Å². The van der Waals surface area contributed by atoms with E-state index in [1.165, 1.54) is 5.04 Å². The van der Waals surface area contributed by atoms with Crippen molar-refractivity contribution in [1.29, 1.82) is 0 Å². The molecule has 0 aromatic rings. The van der Waals surface area contributed by atoms with E-state index in [-0.39, 0.29) is 0 Å². The molecular weight excluding hydrogens is 142 g/mol. The Morgan fingerprint density at radius 2 is 2.30 bits per heavy atom. The van der Waals surface area contributed by atoms with Crippen LogP contribution in [0.3, 0.4) is 0 Å². The van der Waals surface area contributed by atoms with Gasteiger partial charge in [-0.05, 0) is 5.75 Å². The number of thioether (sulfide) groups is 1. The summed E-state index contributed by atoms with van der Waals surface area (Å²) >= 11 is 1.79. The number of aliphatic imine (C=N–C) groups is 1. The molecule has 0 aromatic heterocycles. The van der Waals surface area contributed by atoms with E-state index in [1.54, 1.807) is 18.0 Å². The maximum atomic E-state index is 4.16. The van der Waals surface area contributed by atoms with Gasteiger partial charge in [0, 0.05) is 12.1 Å². The van der Waals surface area contributed by atoms with Gasteiger partial charge in [0.15, 0.2) is 0 Å². The van der Waals surface area contributed by atoms with Gasteiger partial charge in [-0.2, -0.15) is 0 Å². The molecule has 0 atom stereocenters. The molecule has 1 nitrogen and oxygen atoms in total. The second-order valence-electron chi connectivity index (χ2n) is 2.24. The van der Waals surface area contributed by atoms with Crippen LogP contribution < -0.4 is 0 Å². The third-order valence-corrected chi connectivity index (χ3v) is 2.17. The molecule has 0 rings (SSSR count). The zero-order valence-corrected chi connectivity index (χ0v) is 7.74. The first-order chi connectivity index (χ1) is 4.72. The van der Waals surface area contributed by atoms with Crippen molar-refractivity contribution < 1.29 is 0 Å². The molecule has 58 valence electrons. The monoisotopic (exact) mass is 157 g/mol. The van der Waals surface area contributed by atoms with Crippen molar-refractivity contribution in [3.63, 3.8) is 0 Å². The molecule has 2 heteroatoms. The third kappa shape index (κ3) is 3.72. The summed E-state index contributed by atoms with van der Waals surface area (Å²) in [6.45, 7) is 9.98. The quantitative estimate of drug-likeness (QED) is 0.453. The summed E-state index contributed by atoms with van der Waals surface area (Å²) in [6, 6.07) is 0. The first-order valence-electron chi connectivity index (χ1n) is 3.53. The van der Waals surface area contributed by atoms with Crippen LogP contribution in [0, 0.1) is 5.92 Å². The Morgan fingerprint density at radius 1 is 1.70 bits per heavy atom. The zero-order valence-electron chi connectivity index (χ0n) is 6.92. The number of hydrogen-bond donors (Lipinski definition) is 0. The van der Waals surface area contributed by atoms with Crippen LogP contribution in [0.25, 0.3) is 0 Å². The minimum atomic E-state index is 0.531. The summed E-state index contributed by atoms with van der Waals surface area (Å²) in [6.07, 6.45) is 1.61. The van der Waals surface area contributed by atoms with Crippen LogP contribution in [0.15, 0.2) is 17.8 Å². The van der Waals surface area contributed by atoms with Gasteiger partial charge in [-0.3, -0.25) is 4.99 Å². The van der Waals surface area contributed by atoms with Crippen molar-refractivity contribution in [2.45, 2.75) is 20.8 Å². The highest BCUT2D eigenvalue weighted by atomic mass is 32.2. The van der Waals surface area contributed by atoms with Gasteiger partial charge in [0.2, 0.25) is 0 Å². The molecule has 0 saturated heterocycles. The van der Waals surface area contributed by atoms with Crippen LogP contribution in [0.2, 0.25) is 0 Å². The summed E-state index contributed by atoms with van der Waals surface area (Å²) in [5.41, 5.74) is 0. The maximum Gasteiger partial charge on any atom is 0.0756 e. The topological polar surface area (TPSA) is 12.4 Å². The lowest BCUT2D eigenvalue weighted by molar-refractivity contribution is 0.900. The van der Waals surface area contributed by atoms with Gasteiger partial charge in [-0.15, -0.1) is 11.8 Å². The molecule has 0 aromatic carbocycles. The van der Waals surface area contributed by atoms with Crippen LogP contribution in [0.4, 0.5) is 0 Å². The number of rotatable bonds is 3. The van der Waals surface area contributed by atoms with E-state index >= 15 is 0 Å². The fourth-order valence-electron chi connectivity index (χ4n) is 0.591. The second kappa shape index (κ2) is 5.54. The molecule has 10 heavy (non-hydrogen) atoms. The summed E-state index contributed by atoms with van der Waals surface area (Å²) < 4.78 is 0. The Kier molecular flexibility index (Phi) is 5.40. The first-order valence-corrected chi connectivity index (χ1v) is 4.52. The molecule has 0 bridgehead atoms. The van der Waals surface area contributed by atoms with Crippen molar-refractivity contribution in [2.24, 2.45) is 10.9 Å². The Bertz CT molecular complexity index is 127. The fraction of sp³-hybridized carbons (Fsp3) is 0.625. The molecule has 0 radical (unpaired) electrons. The van der Waals surface area contributed by atoms with Crippen LogP contribution >= 0.6 is 11.8 Å². The SMILES string of the molecule is C=CN=C(SCC)C(C)C. The van der Waals surface area contributed by atoms with Crippen LogP contribution in [0.5, 0.6) is 0 Å². The average Bonchev–Trinajstić information content (AvgIpc) is 1.87. The molecule has 0 heterocycles. The number of nitrogens with zero attached hydrogens (tertiary/aromatic N) is 1. The second-order valence-corrected chi connectivity index (χ2v) is 3.52. The molecule has 0 amide bonds. The van der Waals surface area contributed by atoms with Crippen molar-refractivity contribution in [2.75, 3.05) is 5.75 Å². The summed E-state index contributed by atoms with van der Waals surface area (Å²) in [4.78, 5) is 4.16. The molecule has 0 unspecified atom stereocenters. The Labute approximate surface area is 67.6 Å². The standard InChI is InChI=1S/C8H15NS/c1-5-9-8(7(3)4)10-6-2/h5,7H,1,6H2,2-4H3. The van der Waals surface area contributed by atoms with Crippen molar-refractivity contribution >= 4 is 16.8 Å². The van der Waals surface area contributed by atoms with Crippen molar-refractivity contribution in [1.82, 2.24) is 0 Å². The van der Waals surface area contributed by atoms with Crippen molar-refractivity contribution in [3.05, 3.63) is 12.8 Å². The van der Waals surface area contributed by atoms with E-state index in [1.807, 2.05) is 0 Å². The van der Waals surface area contributed by atoms with E-state index in [2.05, 4.69) is 32.3 Å². The lowest BCUT2D eigenvalue weighted by Gasteiger charge is -2.05. The molecule has 0 aliphatic carbocycles.